The molecule has 2 aromatic heterocycles. The van der Waals surface area contributed by atoms with Gasteiger partial charge in [0, 0.05) is 25.0 Å². The minimum atomic E-state index is 0.500. The number of hydrogen-bond donors (Lipinski definition) is 1. The van der Waals surface area contributed by atoms with Gasteiger partial charge in [0.15, 0.2) is 0 Å². The normalized spacial score (nSPS) is 10.9. The van der Waals surface area contributed by atoms with E-state index in [1.54, 1.807) is 18.6 Å². The third-order valence-corrected chi connectivity index (χ3v) is 4.87. The fourth-order valence-electron chi connectivity index (χ4n) is 2.51. The zero-order valence-corrected chi connectivity index (χ0v) is 16.6. The molecule has 4 aromatic rings. The molecule has 4 rings (SSSR count). The number of benzene rings is 2. The molecule has 0 aliphatic rings. The number of fused-ring (bicyclic) bond motifs is 1. The van der Waals surface area contributed by atoms with E-state index in [0.29, 0.717) is 16.5 Å². The van der Waals surface area contributed by atoms with Gasteiger partial charge in [-0.3, -0.25) is 0 Å². The number of nitrogens with zero attached hydrogens (tertiary/aromatic N) is 4. The first kappa shape index (κ1) is 17.0. The highest BCUT2D eigenvalue weighted by atomic mass is 127. The highest BCUT2D eigenvalue weighted by Gasteiger charge is 2.08. The maximum atomic E-state index is 6.39. The summed E-state index contributed by atoms with van der Waals surface area (Å²) in [7, 11) is 1.96. The molecular weight excluding hydrogens is 465 g/mol. The average molecular weight is 478 g/mol. The van der Waals surface area contributed by atoms with Crippen molar-refractivity contribution in [3.05, 3.63) is 63.8 Å². The van der Waals surface area contributed by atoms with Crippen LogP contribution >= 0.6 is 34.2 Å². The number of hydrogen-bond acceptors (Lipinski definition) is 5. The topological polar surface area (TPSA) is 64.9 Å². The Morgan fingerprint density at radius 2 is 2.04 bits per heavy atom. The van der Waals surface area contributed by atoms with Crippen LogP contribution in [0.15, 0.2) is 55.2 Å². The first-order chi connectivity index (χ1) is 12.6. The Kier molecular flexibility index (Phi) is 4.64. The van der Waals surface area contributed by atoms with Crippen molar-refractivity contribution in [1.29, 1.82) is 0 Å². The number of ether oxygens (including phenoxy) is 1. The lowest BCUT2D eigenvalue weighted by atomic mass is 10.2. The Hall–Kier alpha value is -2.39. The number of rotatable bonds is 4. The molecule has 8 heteroatoms. The highest BCUT2D eigenvalue weighted by Crippen LogP contribution is 2.33. The number of anilines is 2. The molecule has 6 nitrogen and oxygen atoms in total. The molecule has 0 fully saturated rings. The van der Waals surface area contributed by atoms with Crippen LogP contribution < -0.4 is 10.1 Å². The van der Waals surface area contributed by atoms with Crippen molar-refractivity contribution in [3.63, 3.8) is 0 Å². The second-order valence-corrected chi connectivity index (χ2v) is 7.17. The standard InChI is InChI=1S/C18H13ClIN5O/c1-25-10-23-15-7-12(3-4-16(15)25)26-17-5-2-11(6-13(17)19)24-18-14(20)8-21-9-22-18/h2-10H,1H3,(H,21,22,24). The quantitative estimate of drug-likeness (QED) is 0.412. The van der Waals surface area contributed by atoms with Gasteiger partial charge in [0.1, 0.15) is 23.6 Å². The van der Waals surface area contributed by atoms with Crippen LogP contribution in [0.2, 0.25) is 5.02 Å². The van der Waals surface area contributed by atoms with Crippen molar-refractivity contribution in [3.8, 4) is 11.5 Å². The van der Waals surface area contributed by atoms with Crippen LogP contribution in [0.5, 0.6) is 11.5 Å². The van der Waals surface area contributed by atoms with Gasteiger partial charge in [-0.15, -0.1) is 0 Å². The van der Waals surface area contributed by atoms with E-state index in [4.69, 9.17) is 16.3 Å². The van der Waals surface area contributed by atoms with Gasteiger partial charge in [-0.05, 0) is 52.9 Å². The SMILES string of the molecule is Cn1cnc2cc(Oc3ccc(Nc4ncncc4I)cc3Cl)ccc21. The Labute approximate surface area is 168 Å². The Morgan fingerprint density at radius 3 is 2.85 bits per heavy atom. The maximum Gasteiger partial charge on any atom is 0.147 e. The molecule has 0 unspecified atom stereocenters. The molecule has 0 amide bonds. The first-order valence-corrected chi connectivity index (χ1v) is 9.17. The predicted octanol–water partition coefficient (Wildman–Crippen LogP) is 5.16. The van der Waals surface area contributed by atoms with Gasteiger partial charge in [-0.25, -0.2) is 15.0 Å². The van der Waals surface area contributed by atoms with Gasteiger partial charge < -0.3 is 14.6 Å². The van der Waals surface area contributed by atoms with Crippen molar-refractivity contribution in [2.24, 2.45) is 7.05 Å². The van der Waals surface area contributed by atoms with Gasteiger partial charge in [0.2, 0.25) is 0 Å². The molecule has 0 spiro atoms. The second kappa shape index (κ2) is 7.08. The molecule has 0 aliphatic carbocycles. The molecule has 1 N–H and O–H groups in total. The monoisotopic (exact) mass is 477 g/mol. The smallest absolute Gasteiger partial charge is 0.147 e. The van der Waals surface area contributed by atoms with Gasteiger partial charge in [-0.2, -0.15) is 0 Å². The van der Waals surface area contributed by atoms with E-state index in [9.17, 15) is 0 Å². The van der Waals surface area contributed by atoms with Gasteiger partial charge in [0.25, 0.3) is 0 Å². The predicted molar refractivity (Wildman–Crippen MR) is 110 cm³/mol. The minimum absolute atomic E-state index is 0.500. The van der Waals surface area contributed by atoms with Crippen molar-refractivity contribution in [2.45, 2.75) is 0 Å². The van der Waals surface area contributed by atoms with E-state index < -0.39 is 0 Å². The van der Waals surface area contributed by atoms with Crippen LogP contribution in [0.3, 0.4) is 0 Å². The summed E-state index contributed by atoms with van der Waals surface area (Å²) in [6.07, 6.45) is 5.01. The van der Waals surface area contributed by atoms with E-state index in [1.807, 2.05) is 41.9 Å². The summed E-state index contributed by atoms with van der Waals surface area (Å²) in [5, 5.41) is 3.72. The minimum Gasteiger partial charge on any atom is -0.456 e. The molecule has 0 radical (unpaired) electrons. The van der Waals surface area contributed by atoms with E-state index >= 15 is 0 Å². The molecule has 130 valence electrons. The molecular formula is C18H13ClIN5O. The van der Waals surface area contributed by atoms with Crippen LogP contribution in [0.4, 0.5) is 11.5 Å². The third-order valence-electron chi connectivity index (χ3n) is 3.79. The fourth-order valence-corrected chi connectivity index (χ4v) is 3.16. The highest BCUT2D eigenvalue weighted by molar-refractivity contribution is 14.1. The summed E-state index contributed by atoms with van der Waals surface area (Å²) < 4.78 is 8.80. The van der Waals surface area contributed by atoms with E-state index in [2.05, 4.69) is 42.9 Å². The first-order valence-electron chi connectivity index (χ1n) is 7.71. The number of nitrogens with one attached hydrogen (secondary N) is 1. The Bertz CT molecular complexity index is 1100. The number of imidazole rings is 1. The molecule has 0 aliphatic heterocycles. The van der Waals surface area contributed by atoms with Crippen LogP contribution in [0.1, 0.15) is 0 Å². The summed E-state index contributed by atoms with van der Waals surface area (Å²) >= 11 is 8.56. The van der Waals surface area contributed by atoms with Crippen molar-refractivity contribution < 1.29 is 4.74 Å². The Morgan fingerprint density at radius 1 is 1.15 bits per heavy atom. The van der Waals surface area contributed by atoms with Crippen molar-refractivity contribution in [2.75, 3.05) is 5.32 Å². The summed E-state index contributed by atoms with van der Waals surface area (Å²) in [5.41, 5.74) is 2.74. The largest absolute Gasteiger partial charge is 0.456 e. The zero-order chi connectivity index (χ0) is 18.1. The lowest BCUT2D eigenvalue weighted by Gasteiger charge is -2.11. The van der Waals surface area contributed by atoms with Crippen LogP contribution in [0, 0.1) is 3.57 Å². The summed E-state index contributed by atoms with van der Waals surface area (Å²) in [4.78, 5) is 12.5. The fraction of sp³-hybridized carbons (Fsp3) is 0.0556. The van der Waals surface area contributed by atoms with Crippen molar-refractivity contribution >= 4 is 56.7 Å². The van der Waals surface area contributed by atoms with Crippen molar-refractivity contribution in [1.82, 2.24) is 19.5 Å². The lowest BCUT2D eigenvalue weighted by Crippen LogP contribution is -1.97. The van der Waals surface area contributed by atoms with Gasteiger partial charge in [0.05, 0.1) is 26.0 Å². The maximum absolute atomic E-state index is 6.39. The number of aryl methyl sites for hydroxylation is 1. The molecule has 0 saturated carbocycles. The lowest BCUT2D eigenvalue weighted by molar-refractivity contribution is 0.483. The molecule has 0 atom stereocenters. The third kappa shape index (κ3) is 3.45. The molecule has 2 aromatic carbocycles. The summed E-state index contributed by atoms with van der Waals surface area (Å²) in [6, 6.07) is 11.3. The summed E-state index contributed by atoms with van der Waals surface area (Å²) in [5.74, 6) is 1.99. The molecule has 2 heterocycles. The number of halogens is 2. The van der Waals surface area contributed by atoms with E-state index in [1.165, 1.54) is 6.33 Å². The molecule has 0 bridgehead atoms. The molecule has 0 saturated heterocycles. The van der Waals surface area contributed by atoms with Gasteiger partial charge in [-0.1, -0.05) is 11.6 Å². The van der Waals surface area contributed by atoms with E-state index in [0.717, 1.165) is 26.1 Å². The van der Waals surface area contributed by atoms with Crippen LogP contribution in [-0.2, 0) is 7.05 Å². The summed E-state index contributed by atoms with van der Waals surface area (Å²) in [6.45, 7) is 0. The second-order valence-electron chi connectivity index (χ2n) is 5.60. The van der Waals surface area contributed by atoms with Crippen LogP contribution in [0.25, 0.3) is 11.0 Å². The average Bonchev–Trinajstić information content (AvgIpc) is 3.00. The zero-order valence-electron chi connectivity index (χ0n) is 13.6. The Balaban J connectivity index is 1.56. The number of aromatic nitrogens is 4. The molecule has 26 heavy (non-hydrogen) atoms. The van der Waals surface area contributed by atoms with Gasteiger partial charge >= 0.3 is 0 Å². The van der Waals surface area contributed by atoms with E-state index in [-0.39, 0.29) is 0 Å². The van der Waals surface area contributed by atoms with Crippen LogP contribution in [-0.4, -0.2) is 19.5 Å².